The van der Waals surface area contributed by atoms with Crippen molar-refractivity contribution in [3.63, 3.8) is 0 Å². The fraction of sp³-hybridized carbons (Fsp3) is 0.636. The van der Waals surface area contributed by atoms with Crippen LogP contribution in [0.15, 0.2) is 12.1 Å². The number of imide groups is 1. The summed E-state index contributed by atoms with van der Waals surface area (Å²) in [6.07, 6.45) is 4.30. The van der Waals surface area contributed by atoms with E-state index >= 15 is 0 Å². The van der Waals surface area contributed by atoms with Crippen LogP contribution in [0.4, 0.5) is 20.2 Å². The average Bonchev–Trinajstić information content (AvgIpc) is 2.78. The number of carbonyl (C=O) groups is 2. The molecule has 0 unspecified atom stereocenters. The van der Waals surface area contributed by atoms with E-state index in [9.17, 15) is 18.4 Å². The molecule has 4 rings (SSSR count). The predicted octanol–water partition coefficient (Wildman–Crippen LogP) is 1.93. The van der Waals surface area contributed by atoms with Gasteiger partial charge in [0, 0.05) is 64.2 Å². The third kappa shape index (κ3) is 5.36. The van der Waals surface area contributed by atoms with Crippen LogP contribution < -0.4 is 16.2 Å². The summed E-state index contributed by atoms with van der Waals surface area (Å²) in [5.41, 5.74) is 2.46. The number of rotatable bonds is 6. The molecule has 3 aliphatic heterocycles. The van der Waals surface area contributed by atoms with Gasteiger partial charge < -0.3 is 4.90 Å². The molecule has 176 valence electrons. The number of piperidine rings is 2. The molecule has 1 aromatic carbocycles. The molecule has 0 bridgehead atoms. The zero-order valence-electron chi connectivity index (χ0n) is 18.4. The number of piperazine rings is 1. The van der Waals surface area contributed by atoms with Crippen molar-refractivity contribution in [3.05, 3.63) is 23.8 Å². The molecular formula is C22H32F2N6O2. The Kier molecular flexibility index (Phi) is 7.22. The molecule has 0 spiro atoms. The largest absolute Gasteiger partial charge is 0.367 e. The van der Waals surface area contributed by atoms with Crippen molar-refractivity contribution in [2.75, 3.05) is 56.1 Å². The van der Waals surface area contributed by atoms with Crippen molar-refractivity contribution < 1.29 is 18.4 Å². The second-order valence-corrected chi connectivity index (χ2v) is 8.97. The Balaban J connectivity index is 1.31. The summed E-state index contributed by atoms with van der Waals surface area (Å²) in [4.78, 5) is 28.1. The Bertz CT molecular complexity index is 822. The average molecular weight is 451 g/mol. The highest BCUT2D eigenvalue weighted by atomic mass is 19.1. The molecule has 0 radical (unpaired) electrons. The number of hydrazine groups is 2. The minimum Gasteiger partial charge on any atom is -0.367 e. The molecule has 0 aliphatic carbocycles. The number of amides is 2. The number of halogens is 2. The predicted molar refractivity (Wildman–Crippen MR) is 117 cm³/mol. The molecule has 0 saturated carbocycles. The molecule has 2 amide bonds. The molecule has 3 heterocycles. The molecule has 3 saturated heterocycles. The van der Waals surface area contributed by atoms with Crippen LogP contribution in [0.5, 0.6) is 0 Å². The Hall–Kier alpha value is -2.30. The van der Waals surface area contributed by atoms with Gasteiger partial charge in [0.05, 0.1) is 11.4 Å². The van der Waals surface area contributed by atoms with Crippen LogP contribution in [0.2, 0.25) is 0 Å². The first-order valence-electron chi connectivity index (χ1n) is 11.5. The van der Waals surface area contributed by atoms with Gasteiger partial charge in [0.25, 0.3) is 0 Å². The lowest BCUT2D eigenvalue weighted by Gasteiger charge is -2.37. The lowest BCUT2D eigenvalue weighted by atomic mass is 9.94. The van der Waals surface area contributed by atoms with Gasteiger partial charge in [-0.1, -0.05) is 0 Å². The highest BCUT2D eigenvalue weighted by Crippen LogP contribution is 2.28. The molecule has 32 heavy (non-hydrogen) atoms. The van der Waals surface area contributed by atoms with E-state index in [1.807, 2.05) is 9.91 Å². The van der Waals surface area contributed by atoms with E-state index in [4.69, 9.17) is 5.84 Å². The SMILES string of the molecule is NN1CCC(CCN2CCN(c3cc(F)c(NN4C(=O)CCCC4=O)cc3F)CC2)CC1. The van der Waals surface area contributed by atoms with Crippen molar-refractivity contribution in [3.8, 4) is 0 Å². The van der Waals surface area contributed by atoms with E-state index in [0.29, 0.717) is 25.4 Å². The molecule has 8 nitrogen and oxygen atoms in total. The smallest absolute Gasteiger partial charge is 0.248 e. The summed E-state index contributed by atoms with van der Waals surface area (Å²) >= 11 is 0. The summed E-state index contributed by atoms with van der Waals surface area (Å²) in [6, 6.07) is 2.17. The van der Waals surface area contributed by atoms with Crippen molar-refractivity contribution in [2.24, 2.45) is 11.8 Å². The van der Waals surface area contributed by atoms with E-state index in [2.05, 4.69) is 10.3 Å². The van der Waals surface area contributed by atoms with E-state index < -0.39 is 23.4 Å². The van der Waals surface area contributed by atoms with Crippen molar-refractivity contribution in [2.45, 2.75) is 38.5 Å². The van der Waals surface area contributed by atoms with Crippen LogP contribution in [0.3, 0.4) is 0 Å². The standard InChI is InChI=1S/C22H32F2N6O2/c23-17-15-20(18(24)14-19(17)26-30-21(31)2-1-3-22(30)32)28-12-10-27(11-13-28)7-4-16-5-8-29(25)9-6-16/h14-16,26H,1-13,25H2. The molecule has 3 aliphatic rings. The summed E-state index contributed by atoms with van der Waals surface area (Å²) < 4.78 is 29.5. The number of nitrogens with zero attached hydrogens (tertiary/aromatic N) is 4. The van der Waals surface area contributed by atoms with Gasteiger partial charge in [-0.15, -0.1) is 0 Å². The molecule has 1 aromatic rings. The Morgan fingerprint density at radius 2 is 1.59 bits per heavy atom. The third-order valence-electron chi connectivity index (χ3n) is 6.76. The molecule has 3 fully saturated rings. The van der Waals surface area contributed by atoms with Crippen LogP contribution >= 0.6 is 0 Å². The summed E-state index contributed by atoms with van der Waals surface area (Å²) in [6.45, 7) is 5.76. The molecule has 10 heteroatoms. The van der Waals surface area contributed by atoms with E-state index in [1.54, 1.807) is 0 Å². The van der Waals surface area contributed by atoms with Gasteiger partial charge >= 0.3 is 0 Å². The van der Waals surface area contributed by atoms with Gasteiger partial charge in [-0.3, -0.25) is 25.8 Å². The summed E-state index contributed by atoms with van der Waals surface area (Å²) in [5.74, 6) is 4.39. The van der Waals surface area contributed by atoms with Gasteiger partial charge in [0.1, 0.15) is 11.6 Å². The third-order valence-corrected chi connectivity index (χ3v) is 6.76. The van der Waals surface area contributed by atoms with Gasteiger partial charge in [-0.2, -0.15) is 5.01 Å². The monoisotopic (exact) mass is 450 g/mol. The minimum atomic E-state index is -0.693. The highest BCUT2D eigenvalue weighted by Gasteiger charge is 2.28. The number of nitrogens with two attached hydrogens (primary N) is 1. The zero-order chi connectivity index (χ0) is 22.7. The normalized spacial score (nSPS) is 22.0. The second-order valence-electron chi connectivity index (χ2n) is 8.97. The number of carbonyl (C=O) groups excluding carboxylic acids is 2. The van der Waals surface area contributed by atoms with Crippen molar-refractivity contribution in [1.82, 2.24) is 14.9 Å². The first-order valence-corrected chi connectivity index (χ1v) is 11.5. The molecular weight excluding hydrogens is 418 g/mol. The minimum absolute atomic E-state index is 0.206. The molecule has 0 atom stereocenters. The quantitative estimate of drug-likeness (QED) is 0.506. The van der Waals surface area contributed by atoms with Crippen molar-refractivity contribution in [1.29, 1.82) is 0 Å². The van der Waals surface area contributed by atoms with Crippen molar-refractivity contribution >= 4 is 23.2 Å². The van der Waals surface area contributed by atoms with Gasteiger partial charge in [0.2, 0.25) is 11.8 Å². The van der Waals surface area contributed by atoms with Crippen LogP contribution in [0, 0.1) is 17.6 Å². The van der Waals surface area contributed by atoms with Crippen LogP contribution in [0.1, 0.15) is 38.5 Å². The van der Waals surface area contributed by atoms with Gasteiger partial charge in [-0.25, -0.2) is 13.8 Å². The second kappa shape index (κ2) is 10.1. The topological polar surface area (TPSA) is 85.2 Å². The molecule has 3 N–H and O–H groups in total. The van der Waals surface area contributed by atoms with Crippen LogP contribution in [-0.2, 0) is 9.59 Å². The maximum atomic E-state index is 14.8. The van der Waals surface area contributed by atoms with Gasteiger partial charge in [-0.05, 0) is 38.1 Å². The Morgan fingerprint density at radius 1 is 0.938 bits per heavy atom. The number of anilines is 2. The summed E-state index contributed by atoms with van der Waals surface area (Å²) in [7, 11) is 0. The number of hydrogen-bond acceptors (Lipinski definition) is 7. The van der Waals surface area contributed by atoms with E-state index in [1.165, 1.54) is 0 Å². The Labute approximate surface area is 187 Å². The molecule has 0 aromatic heterocycles. The number of benzene rings is 1. The number of hydrogen-bond donors (Lipinski definition) is 2. The zero-order valence-corrected chi connectivity index (χ0v) is 18.4. The van der Waals surface area contributed by atoms with Crippen LogP contribution in [-0.4, -0.2) is 72.5 Å². The van der Waals surface area contributed by atoms with Crippen LogP contribution in [0.25, 0.3) is 0 Å². The fourth-order valence-corrected chi connectivity index (χ4v) is 4.68. The Morgan fingerprint density at radius 3 is 2.25 bits per heavy atom. The lowest BCUT2D eigenvalue weighted by molar-refractivity contribution is -0.146. The van der Waals surface area contributed by atoms with E-state index in [0.717, 1.165) is 69.1 Å². The van der Waals surface area contributed by atoms with Gasteiger partial charge in [0.15, 0.2) is 0 Å². The van der Waals surface area contributed by atoms with E-state index in [-0.39, 0.29) is 24.2 Å². The summed E-state index contributed by atoms with van der Waals surface area (Å²) in [5, 5.41) is 2.67. The first kappa shape index (κ1) is 22.9. The maximum absolute atomic E-state index is 14.8. The number of nitrogens with one attached hydrogen (secondary N) is 1. The lowest BCUT2D eigenvalue weighted by Crippen LogP contribution is -2.47. The first-order chi connectivity index (χ1) is 15.4. The fourth-order valence-electron chi connectivity index (χ4n) is 4.68. The highest BCUT2D eigenvalue weighted by molar-refractivity contribution is 5.98. The maximum Gasteiger partial charge on any atom is 0.248 e.